The predicted octanol–water partition coefficient (Wildman–Crippen LogP) is 4.54. The standard InChI is InChI=1S/C27H32N4O3/c1-19-18-20(9-14-23(19)25(32)31-16-5-6-17-31)8-7-15-29-22-12-10-21(11-13-22)24(28)30-26(33)34-27(2,3)4/h9-14,18,29H,5-6,15-17H2,1-4H3,(H2,28,30,33). The summed E-state index contributed by atoms with van der Waals surface area (Å²) in [7, 11) is 0. The molecule has 2 aromatic rings. The second-order valence-electron chi connectivity index (χ2n) is 9.26. The Labute approximate surface area is 201 Å². The van der Waals surface area contributed by atoms with Gasteiger partial charge in [0, 0.05) is 35.5 Å². The van der Waals surface area contributed by atoms with Crippen LogP contribution in [0.1, 0.15) is 60.7 Å². The van der Waals surface area contributed by atoms with Crippen LogP contribution in [0.3, 0.4) is 0 Å². The van der Waals surface area contributed by atoms with Gasteiger partial charge in [-0.3, -0.25) is 15.5 Å². The molecule has 1 heterocycles. The van der Waals surface area contributed by atoms with Crippen molar-refractivity contribution in [1.29, 1.82) is 5.41 Å². The second-order valence-corrected chi connectivity index (χ2v) is 9.26. The van der Waals surface area contributed by atoms with Crippen molar-refractivity contribution in [3.05, 3.63) is 64.7 Å². The molecule has 2 aromatic carbocycles. The average Bonchev–Trinajstić information content (AvgIpc) is 3.30. The van der Waals surface area contributed by atoms with E-state index >= 15 is 0 Å². The Bertz CT molecular complexity index is 1120. The molecule has 7 heteroatoms. The molecule has 0 radical (unpaired) electrons. The van der Waals surface area contributed by atoms with Crippen LogP contribution in [0, 0.1) is 24.2 Å². The van der Waals surface area contributed by atoms with Crippen LogP contribution in [0.2, 0.25) is 0 Å². The monoisotopic (exact) mass is 460 g/mol. The van der Waals surface area contributed by atoms with E-state index in [1.165, 1.54) is 0 Å². The average molecular weight is 461 g/mol. The van der Waals surface area contributed by atoms with Crippen molar-refractivity contribution >= 4 is 23.5 Å². The summed E-state index contributed by atoms with van der Waals surface area (Å²) in [5.74, 6) is 6.30. The van der Waals surface area contributed by atoms with Crippen LogP contribution in [-0.4, -0.2) is 48.0 Å². The van der Waals surface area contributed by atoms with Crippen LogP contribution < -0.4 is 10.6 Å². The molecule has 3 N–H and O–H groups in total. The van der Waals surface area contributed by atoms with E-state index in [1.54, 1.807) is 32.9 Å². The lowest BCUT2D eigenvalue weighted by molar-refractivity contribution is 0.0562. The number of benzene rings is 2. The highest BCUT2D eigenvalue weighted by Crippen LogP contribution is 2.17. The lowest BCUT2D eigenvalue weighted by atomic mass is 10.0. The Morgan fingerprint density at radius 3 is 2.38 bits per heavy atom. The van der Waals surface area contributed by atoms with E-state index in [4.69, 9.17) is 10.1 Å². The number of nitrogens with one attached hydrogen (secondary N) is 3. The second kappa shape index (κ2) is 10.9. The van der Waals surface area contributed by atoms with Gasteiger partial charge in [-0.05, 0) is 88.6 Å². The number of ether oxygens (including phenoxy) is 1. The summed E-state index contributed by atoms with van der Waals surface area (Å²) in [5.41, 5.74) is 3.36. The fraction of sp³-hybridized carbons (Fsp3) is 0.370. The molecule has 0 spiro atoms. The minimum atomic E-state index is -0.654. The largest absolute Gasteiger partial charge is 0.444 e. The van der Waals surface area contributed by atoms with Crippen molar-refractivity contribution in [2.75, 3.05) is 25.0 Å². The van der Waals surface area contributed by atoms with Gasteiger partial charge >= 0.3 is 6.09 Å². The fourth-order valence-electron chi connectivity index (χ4n) is 3.60. The Morgan fingerprint density at radius 1 is 1.09 bits per heavy atom. The number of likely N-dealkylation sites (tertiary alicyclic amines) is 1. The summed E-state index contributed by atoms with van der Waals surface area (Å²) in [6, 6.07) is 12.8. The maximum atomic E-state index is 12.6. The third-order valence-electron chi connectivity index (χ3n) is 5.26. The molecule has 0 aromatic heterocycles. The van der Waals surface area contributed by atoms with Crippen molar-refractivity contribution in [3.63, 3.8) is 0 Å². The SMILES string of the molecule is Cc1cc(C#CCNc2ccc(C(=N)NC(=O)OC(C)(C)C)cc2)ccc1C(=O)N1CCCC1. The fourth-order valence-corrected chi connectivity index (χ4v) is 3.60. The number of alkyl carbamates (subject to hydrolysis) is 1. The third kappa shape index (κ3) is 7.11. The number of nitrogens with zero attached hydrogens (tertiary/aromatic N) is 1. The van der Waals surface area contributed by atoms with Crippen LogP contribution in [0.15, 0.2) is 42.5 Å². The van der Waals surface area contributed by atoms with Gasteiger partial charge in [0.2, 0.25) is 0 Å². The number of amidine groups is 1. The number of carbonyl (C=O) groups excluding carboxylic acids is 2. The van der Waals surface area contributed by atoms with Gasteiger partial charge in [-0.1, -0.05) is 11.8 Å². The van der Waals surface area contributed by atoms with E-state index in [2.05, 4.69) is 22.5 Å². The molecule has 1 saturated heterocycles. The number of aryl methyl sites for hydroxylation is 1. The first-order valence-corrected chi connectivity index (χ1v) is 11.4. The van der Waals surface area contributed by atoms with E-state index in [-0.39, 0.29) is 11.7 Å². The van der Waals surface area contributed by atoms with Crippen molar-refractivity contribution in [2.45, 2.75) is 46.1 Å². The lowest BCUT2D eigenvalue weighted by Gasteiger charge is -2.19. The number of rotatable bonds is 4. The third-order valence-corrected chi connectivity index (χ3v) is 5.26. The lowest BCUT2D eigenvalue weighted by Crippen LogP contribution is -2.36. The van der Waals surface area contributed by atoms with Gasteiger partial charge in [0.25, 0.3) is 5.91 Å². The number of hydrogen-bond acceptors (Lipinski definition) is 5. The normalized spacial score (nSPS) is 13.0. The first-order valence-electron chi connectivity index (χ1n) is 11.4. The summed E-state index contributed by atoms with van der Waals surface area (Å²) in [6.45, 7) is 9.39. The molecule has 1 aliphatic heterocycles. The molecule has 34 heavy (non-hydrogen) atoms. The summed E-state index contributed by atoms with van der Waals surface area (Å²) in [4.78, 5) is 26.3. The first-order chi connectivity index (χ1) is 16.1. The molecule has 0 bridgehead atoms. The zero-order valence-electron chi connectivity index (χ0n) is 20.2. The van der Waals surface area contributed by atoms with Crippen molar-refractivity contribution < 1.29 is 14.3 Å². The molecule has 0 unspecified atom stereocenters. The summed E-state index contributed by atoms with van der Waals surface area (Å²) in [6.07, 6.45) is 1.50. The maximum absolute atomic E-state index is 12.6. The minimum absolute atomic E-state index is 0.0254. The van der Waals surface area contributed by atoms with Gasteiger partial charge in [-0.2, -0.15) is 0 Å². The number of carbonyl (C=O) groups is 2. The Morgan fingerprint density at radius 2 is 1.76 bits per heavy atom. The van der Waals surface area contributed by atoms with Crippen LogP contribution >= 0.6 is 0 Å². The van der Waals surface area contributed by atoms with E-state index < -0.39 is 11.7 Å². The maximum Gasteiger partial charge on any atom is 0.413 e. The summed E-state index contributed by atoms with van der Waals surface area (Å²) >= 11 is 0. The van der Waals surface area contributed by atoms with E-state index in [9.17, 15) is 9.59 Å². The molecule has 3 rings (SSSR count). The van der Waals surface area contributed by atoms with Crippen LogP contribution in [0.25, 0.3) is 0 Å². The van der Waals surface area contributed by atoms with E-state index in [0.29, 0.717) is 12.1 Å². The Balaban J connectivity index is 1.51. The Hall–Kier alpha value is -3.79. The van der Waals surface area contributed by atoms with Crippen molar-refractivity contribution in [2.24, 2.45) is 0 Å². The molecule has 2 amide bonds. The van der Waals surface area contributed by atoms with Gasteiger partial charge in [0.15, 0.2) is 0 Å². The zero-order valence-corrected chi connectivity index (χ0v) is 20.2. The van der Waals surface area contributed by atoms with E-state index in [1.807, 2.05) is 42.2 Å². The molecular weight excluding hydrogens is 428 g/mol. The molecule has 1 aliphatic rings. The highest BCUT2D eigenvalue weighted by molar-refractivity contribution is 6.04. The molecule has 0 saturated carbocycles. The van der Waals surface area contributed by atoms with Gasteiger partial charge in [0.1, 0.15) is 11.4 Å². The van der Waals surface area contributed by atoms with Crippen LogP contribution in [-0.2, 0) is 4.74 Å². The van der Waals surface area contributed by atoms with Crippen LogP contribution in [0.5, 0.6) is 0 Å². The van der Waals surface area contributed by atoms with Crippen LogP contribution in [0.4, 0.5) is 10.5 Å². The number of hydrogen-bond donors (Lipinski definition) is 3. The van der Waals surface area contributed by atoms with Gasteiger partial charge in [-0.25, -0.2) is 4.79 Å². The highest BCUT2D eigenvalue weighted by atomic mass is 16.6. The minimum Gasteiger partial charge on any atom is -0.444 e. The number of amides is 2. The van der Waals surface area contributed by atoms with Gasteiger partial charge < -0.3 is 15.0 Å². The van der Waals surface area contributed by atoms with E-state index in [0.717, 1.165) is 48.3 Å². The van der Waals surface area contributed by atoms with Crippen molar-refractivity contribution in [1.82, 2.24) is 10.2 Å². The molecule has 7 nitrogen and oxygen atoms in total. The summed E-state index contributed by atoms with van der Waals surface area (Å²) in [5, 5.41) is 13.7. The Kier molecular flexibility index (Phi) is 7.95. The van der Waals surface area contributed by atoms with Gasteiger partial charge in [0.05, 0.1) is 6.54 Å². The molecule has 0 atom stereocenters. The zero-order chi connectivity index (χ0) is 24.7. The first kappa shape index (κ1) is 24.8. The molecule has 178 valence electrons. The smallest absolute Gasteiger partial charge is 0.413 e. The van der Waals surface area contributed by atoms with Crippen molar-refractivity contribution in [3.8, 4) is 11.8 Å². The predicted molar refractivity (Wildman–Crippen MR) is 134 cm³/mol. The summed E-state index contributed by atoms with van der Waals surface area (Å²) < 4.78 is 5.17. The highest BCUT2D eigenvalue weighted by Gasteiger charge is 2.20. The topological polar surface area (TPSA) is 94.5 Å². The quantitative estimate of drug-likeness (QED) is 0.355. The number of anilines is 1. The van der Waals surface area contributed by atoms with Gasteiger partial charge in [-0.15, -0.1) is 0 Å². The molecule has 1 fully saturated rings. The molecular formula is C27H32N4O3. The molecule has 0 aliphatic carbocycles.